The van der Waals surface area contributed by atoms with Gasteiger partial charge in [0.05, 0.1) is 17.1 Å². The Morgan fingerprint density at radius 1 is 1.09 bits per heavy atom. The van der Waals surface area contributed by atoms with Gasteiger partial charge in [-0.1, -0.05) is 41.9 Å². The zero-order chi connectivity index (χ0) is 22.9. The number of hydrogen-bond donors (Lipinski definition) is 1. The summed E-state index contributed by atoms with van der Waals surface area (Å²) in [5.41, 5.74) is 2.88. The summed E-state index contributed by atoms with van der Waals surface area (Å²) in [6.45, 7) is 1.86. The van der Waals surface area contributed by atoms with E-state index in [1.54, 1.807) is 36.4 Å². The smallest absolute Gasteiger partial charge is 0.303 e. The highest BCUT2D eigenvalue weighted by Gasteiger charge is 2.35. The lowest BCUT2D eigenvalue weighted by Crippen LogP contribution is -2.43. The van der Waals surface area contributed by atoms with Gasteiger partial charge >= 0.3 is 5.97 Å². The Morgan fingerprint density at radius 3 is 2.56 bits per heavy atom. The van der Waals surface area contributed by atoms with Crippen molar-refractivity contribution in [1.29, 1.82) is 0 Å². The SMILES string of the molecule is Cc1cccc(S(=O)(=O)N2C[C@H](CCC(=O)O)Oc3ccc(-c4cccc(Cl)c4)cc32)c1. The van der Waals surface area contributed by atoms with Crippen molar-refractivity contribution in [3.05, 3.63) is 77.3 Å². The lowest BCUT2D eigenvalue weighted by atomic mass is 10.0. The molecular formula is C24H22ClNO5S. The number of aliphatic carboxylic acids is 1. The fraction of sp³-hybridized carbons (Fsp3) is 0.208. The van der Waals surface area contributed by atoms with E-state index in [1.165, 1.54) is 4.31 Å². The highest BCUT2D eigenvalue weighted by molar-refractivity contribution is 7.92. The predicted molar refractivity (Wildman–Crippen MR) is 124 cm³/mol. The molecule has 1 aliphatic rings. The normalized spacial score (nSPS) is 15.7. The van der Waals surface area contributed by atoms with Crippen LogP contribution < -0.4 is 9.04 Å². The molecule has 0 spiro atoms. The third kappa shape index (κ3) is 4.59. The van der Waals surface area contributed by atoms with Crippen molar-refractivity contribution in [2.45, 2.75) is 30.8 Å². The maximum atomic E-state index is 13.6. The molecule has 3 aromatic carbocycles. The minimum Gasteiger partial charge on any atom is -0.486 e. The maximum Gasteiger partial charge on any atom is 0.303 e. The van der Waals surface area contributed by atoms with E-state index in [2.05, 4.69) is 0 Å². The number of rotatable bonds is 6. The number of ether oxygens (including phenoxy) is 1. The molecule has 0 unspecified atom stereocenters. The monoisotopic (exact) mass is 471 g/mol. The summed E-state index contributed by atoms with van der Waals surface area (Å²) < 4.78 is 34.5. The molecule has 1 N–H and O–H groups in total. The van der Waals surface area contributed by atoms with E-state index in [0.717, 1.165) is 16.7 Å². The minimum absolute atomic E-state index is 0.0234. The second-order valence-electron chi connectivity index (χ2n) is 7.72. The molecule has 32 heavy (non-hydrogen) atoms. The van der Waals surface area contributed by atoms with Crippen molar-refractivity contribution in [2.75, 3.05) is 10.8 Å². The van der Waals surface area contributed by atoms with Gasteiger partial charge in [0.15, 0.2) is 0 Å². The van der Waals surface area contributed by atoms with E-state index >= 15 is 0 Å². The number of benzene rings is 3. The number of halogens is 1. The number of aryl methyl sites for hydroxylation is 1. The lowest BCUT2D eigenvalue weighted by Gasteiger charge is -2.35. The Bertz CT molecular complexity index is 1270. The number of nitrogens with zero attached hydrogens (tertiary/aromatic N) is 1. The summed E-state index contributed by atoms with van der Waals surface area (Å²) in [5, 5.41) is 9.64. The molecule has 8 heteroatoms. The fourth-order valence-corrected chi connectivity index (χ4v) is 5.52. The van der Waals surface area contributed by atoms with Crippen molar-refractivity contribution in [1.82, 2.24) is 0 Å². The zero-order valence-electron chi connectivity index (χ0n) is 17.4. The first-order valence-corrected chi connectivity index (χ1v) is 11.9. The molecule has 4 rings (SSSR count). The summed E-state index contributed by atoms with van der Waals surface area (Å²) in [6, 6.07) is 19.3. The number of carbonyl (C=O) groups is 1. The molecule has 166 valence electrons. The number of hydrogen-bond acceptors (Lipinski definition) is 4. The van der Waals surface area contributed by atoms with Gasteiger partial charge in [0, 0.05) is 11.4 Å². The van der Waals surface area contributed by atoms with E-state index in [9.17, 15) is 13.2 Å². The van der Waals surface area contributed by atoms with Crippen LogP contribution in [0.4, 0.5) is 5.69 Å². The molecule has 1 aliphatic heterocycles. The molecule has 0 aliphatic carbocycles. The molecule has 0 radical (unpaired) electrons. The van der Waals surface area contributed by atoms with Crippen molar-refractivity contribution in [3.8, 4) is 16.9 Å². The molecule has 0 saturated carbocycles. The topological polar surface area (TPSA) is 83.9 Å². The Morgan fingerprint density at radius 2 is 1.84 bits per heavy atom. The molecule has 0 amide bonds. The van der Waals surface area contributed by atoms with Gasteiger partial charge in [-0.2, -0.15) is 0 Å². The molecule has 1 heterocycles. The molecule has 0 saturated heterocycles. The Labute approximate surface area is 192 Å². The van der Waals surface area contributed by atoms with Crippen LogP contribution in [0.3, 0.4) is 0 Å². The van der Waals surface area contributed by atoms with Crippen molar-refractivity contribution in [2.24, 2.45) is 0 Å². The van der Waals surface area contributed by atoms with Crippen LogP contribution >= 0.6 is 11.6 Å². The molecule has 6 nitrogen and oxygen atoms in total. The first-order valence-electron chi connectivity index (χ1n) is 10.1. The summed E-state index contributed by atoms with van der Waals surface area (Å²) in [4.78, 5) is 11.2. The standard InChI is InChI=1S/C24H22ClNO5S/c1-16-4-2-7-21(12-16)32(29,30)26-15-20(9-11-24(27)28)31-23-10-8-18(14-22(23)26)17-5-3-6-19(25)13-17/h2-8,10,12-14,20H,9,11,15H2,1H3,(H,27,28)/t20-/m0/s1. The van der Waals surface area contributed by atoms with Crippen LogP contribution in [0.1, 0.15) is 18.4 Å². The van der Waals surface area contributed by atoms with Crippen LogP contribution in [-0.4, -0.2) is 32.1 Å². The van der Waals surface area contributed by atoms with Gasteiger partial charge in [0.1, 0.15) is 11.9 Å². The summed E-state index contributed by atoms with van der Waals surface area (Å²) in [5.74, 6) is -0.558. The van der Waals surface area contributed by atoms with Crippen LogP contribution in [0.25, 0.3) is 11.1 Å². The third-order valence-corrected chi connectivity index (χ3v) is 7.32. The molecule has 1 atom stereocenters. The number of fused-ring (bicyclic) bond motifs is 1. The van der Waals surface area contributed by atoms with E-state index in [-0.39, 0.29) is 24.3 Å². The minimum atomic E-state index is -3.90. The van der Waals surface area contributed by atoms with Crippen LogP contribution in [0.15, 0.2) is 71.6 Å². The van der Waals surface area contributed by atoms with E-state index < -0.39 is 22.1 Å². The van der Waals surface area contributed by atoms with Crippen molar-refractivity contribution in [3.63, 3.8) is 0 Å². The molecule has 3 aromatic rings. The molecule has 0 fully saturated rings. The van der Waals surface area contributed by atoms with Gasteiger partial charge < -0.3 is 9.84 Å². The van der Waals surface area contributed by atoms with Gasteiger partial charge in [-0.25, -0.2) is 8.42 Å². The summed E-state index contributed by atoms with van der Waals surface area (Å²) in [6.07, 6.45) is -0.487. The lowest BCUT2D eigenvalue weighted by molar-refractivity contribution is -0.137. The average Bonchev–Trinajstić information content (AvgIpc) is 2.76. The van der Waals surface area contributed by atoms with Crippen LogP contribution in [-0.2, 0) is 14.8 Å². The van der Waals surface area contributed by atoms with Crippen LogP contribution in [0.5, 0.6) is 5.75 Å². The summed E-state index contributed by atoms with van der Waals surface area (Å²) in [7, 11) is -3.90. The highest BCUT2D eigenvalue weighted by atomic mass is 35.5. The first-order chi connectivity index (χ1) is 15.2. The second-order valence-corrected chi connectivity index (χ2v) is 10.0. The predicted octanol–water partition coefficient (Wildman–Crippen LogP) is 5.14. The number of anilines is 1. The third-order valence-electron chi connectivity index (χ3n) is 5.31. The van der Waals surface area contributed by atoms with Gasteiger partial charge in [0.2, 0.25) is 0 Å². The van der Waals surface area contributed by atoms with E-state index in [0.29, 0.717) is 16.5 Å². The molecule has 0 bridgehead atoms. The zero-order valence-corrected chi connectivity index (χ0v) is 18.9. The first kappa shape index (κ1) is 22.2. The molecular weight excluding hydrogens is 450 g/mol. The van der Waals surface area contributed by atoms with Crippen LogP contribution in [0.2, 0.25) is 5.02 Å². The number of carboxylic acid groups (broad SMARTS) is 1. The van der Waals surface area contributed by atoms with Gasteiger partial charge in [0.25, 0.3) is 10.0 Å². The van der Waals surface area contributed by atoms with E-state index in [1.807, 2.05) is 37.3 Å². The Hall–Kier alpha value is -3.03. The van der Waals surface area contributed by atoms with Crippen molar-refractivity contribution < 1.29 is 23.1 Å². The van der Waals surface area contributed by atoms with Crippen LogP contribution in [0, 0.1) is 6.92 Å². The van der Waals surface area contributed by atoms with Gasteiger partial charge in [-0.15, -0.1) is 0 Å². The van der Waals surface area contributed by atoms with E-state index in [4.69, 9.17) is 21.4 Å². The van der Waals surface area contributed by atoms with Crippen molar-refractivity contribution >= 4 is 33.3 Å². The summed E-state index contributed by atoms with van der Waals surface area (Å²) >= 11 is 6.13. The Kier molecular flexibility index (Phi) is 6.13. The Balaban J connectivity index is 1.80. The molecule has 0 aromatic heterocycles. The largest absolute Gasteiger partial charge is 0.486 e. The van der Waals surface area contributed by atoms with Gasteiger partial charge in [-0.3, -0.25) is 9.10 Å². The fourth-order valence-electron chi connectivity index (χ4n) is 3.72. The maximum absolute atomic E-state index is 13.6. The number of carboxylic acids is 1. The number of sulfonamides is 1. The van der Waals surface area contributed by atoms with Gasteiger partial charge in [-0.05, 0) is 66.4 Å². The quantitative estimate of drug-likeness (QED) is 0.538. The highest BCUT2D eigenvalue weighted by Crippen LogP contribution is 2.40. The second kappa shape index (κ2) is 8.84. The average molecular weight is 472 g/mol.